The zero-order valence-electron chi connectivity index (χ0n) is 4.73. The van der Waals surface area contributed by atoms with Gasteiger partial charge in [-0.15, -0.1) is 0 Å². The van der Waals surface area contributed by atoms with E-state index in [1.807, 2.05) is 0 Å². The first kappa shape index (κ1) is 8.29. The SMILES string of the molecule is CCOC(=O)C(O)(F)F. The highest BCUT2D eigenvalue weighted by Crippen LogP contribution is 2.09. The average molecular weight is 140 g/mol. The normalized spacial score (nSPS) is 11.1. The molecule has 0 rings (SSSR count). The molecule has 0 radical (unpaired) electrons. The molecule has 54 valence electrons. The summed E-state index contributed by atoms with van der Waals surface area (Å²) >= 11 is 0. The van der Waals surface area contributed by atoms with Gasteiger partial charge in [0.1, 0.15) is 0 Å². The van der Waals surface area contributed by atoms with Crippen LogP contribution in [0.25, 0.3) is 0 Å². The first-order valence-electron chi connectivity index (χ1n) is 2.26. The molecule has 0 aromatic carbocycles. The van der Waals surface area contributed by atoms with E-state index in [2.05, 4.69) is 4.74 Å². The van der Waals surface area contributed by atoms with Crippen molar-refractivity contribution in [3.63, 3.8) is 0 Å². The lowest BCUT2D eigenvalue weighted by Gasteiger charge is -2.05. The number of aliphatic hydroxyl groups is 1. The Balaban J connectivity index is 3.74. The molecule has 0 aromatic heterocycles. The quantitative estimate of drug-likeness (QED) is 0.554. The Morgan fingerprint density at radius 3 is 2.33 bits per heavy atom. The minimum atomic E-state index is -4.35. The molecule has 9 heavy (non-hydrogen) atoms. The molecule has 0 aromatic rings. The molecule has 0 aliphatic heterocycles. The van der Waals surface area contributed by atoms with Crippen molar-refractivity contribution in [3.05, 3.63) is 0 Å². The van der Waals surface area contributed by atoms with E-state index in [9.17, 15) is 13.6 Å². The van der Waals surface area contributed by atoms with Crippen LogP contribution in [-0.4, -0.2) is 23.8 Å². The lowest BCUT2D eigenvalue weighted by atomic mass is 10.6. The van der Waals surface area contributed by atoms with Crippen LogP contribution in [0.2, 0.25) is 0 Å². The molecule has 3 nitrogen and oxygen atoms in total. The van der Waals surface area contributed by atoms with Gasteiger partial charge in [0.05, 0.1) is 6.61 Å². The number of carbonyl (C=O) groups is 1. The third-order valence-corrected chi connectivity index (χ3v) is 0.521. The minimum Gasteiger partial charge on any atom is -0.460 e. The van der Waals surface area contributed by atoms with Crippen LogP contribution in [0.1, 0.15) is 6.92 Å². The third-order valence-electron chi connectivity index (χ3n) is 0.521. The van der Waals surface area contributed by atoms with Crippen molar-refractivity contribution in [1.82, 2.24) is 0 Å². The summed E-state index contributed by atoms with van der Waals surface area (Å²) in [6, 6.07) is 0. The summed E-state index contributed by atoms with van der Waals surface area (Å²) in [5.74, 6) is -1.91. The van der Waals surface area contributed by atoms with Crippen molar-refractivity contribution in [3.8, 4) is 0 Å². The highest BCUT2D eigenvalue weighted by Gasteiger charge is 2.37. The first-order valence-corrected chi connectivity index (χ1v) is 2.26. The maximum absolute atomic E-state index is 11.4. The van der Waals surface area contributed by atoms with Gasteiger partial charge in [0, 0.05) is 0 Å². The first-order chi connectivity index (χ1) is 3.98. The second kappa shape index (κ2) is 2.72. The number of ether oxygens (including phenoxy) is 1. The molecule has 0 heterocycles. The lowest BCUT2D eigenvalue weighted by molar-refractivity contribution is -0.227. The monoisotopic (exact) mass is 140 g/mol. The fourth-order valence-electron chi connectivity index (χ4n) is 0.218. The Bertz CT molecular complexity index is 107. The van der Waals surface area contributed by atoms with E-state index in [4.69, 9.17) is 5.11 Å². The number of hydrogen-bond acceptors (Lipinski definition) is 3. The van der Waals surface area contributed by atoms with Crippen molar-refractivity contribution in [1.29, 1.82) is 0 Å². The van der Waals surface area contributed by atoms with E-state index >= 15 is 0 Å². The molecular formula is C4H6F2O3. The predicted octanol–water partition coefficient (Wildman–Crippen LogP) is 0.135. The maximum atomic E-state index is 11.4. The van der Waals surface area contributed by atoms with Gasteiger partial charge in [-0.1, -0.05) is 0 Å². The van der Waals surface area contributed by atoms with Gasteiger partial charge >= 0.3 is 12.1 Å². The minimum absolute atomic E-state index is 0.172. The summed E-state index contributed by atoms with van der Waals surface area (Å²) < 4.78 is 26.5. The van der Waals surface area contributed by atoms with Gasteiger partial charge in [0.25, 0.3) is 0 Å². The highest BCUT2D eigenvalue weighted by atomic mass is 19.3. The standard InChI is InChI=1S/C4H6F2O3/c1-2-9-3(7)4(5,6)8/h8H,2H2,1H3. The fourth-order valence-corrected chi connectivity index (χ4v) is 0.218. The molecule has 0 unspecified atom stereocenters. The molecule has 5 heteroatoms. The van der Waals surface area contributed by atoms with Crippen LogP contribution in [0.3, 0.4) is 0 Å². The van der Waals surface area contributed by atoms with Crippen LogP contribution in [0.5, 0.6) is 0 Å². The summed E-state index contributed by atoms with van der Waals surface area (Å²) in [6.07, 6.45) is -4.35. The Kier molecular flexibility index (Phi) is 2.51. The van der Waals surface area contributed by atoms with Gasteiger partial charge in [0.15, 0.2) is 0 Å². The summed E-state index contributed by atoms with van der Waals surface area (Å²) in [4.78, 5) is 9.84. The van der Waals surface area contributed by atoms with E-state index in [0.717, 1.165) is 0 Å². The fraction of sp³-hybridized carbons (Fsp3) is 0.750. The molecular weight excluding hydrogens is 134 g/mol. The van der Waals surface area contributed by atoms with Crippen molar-refractivity contribution in [2.45, 2.75) is 13.0 Å². The van der Waals surface area contributed by atoms with Crippen molar-refractivity contribution >= 4 is 5.97 Å². The number of alkyl halides is 2. The van der Waals surface area contributed by atoms with Gasteiger partial charge in [0.2, 0.25) is 0 Å². The number of halogens is 2. The molecule has 0 fully saturated rings. The second-order valence-corrected chi connectivity index (χ2v) is 1.26. The lowest BCUT2D eigenvalue weighted by Crippen LogP contribution is -2.29. The second-order valence-electron chi connectivity index (χ2n) is 1.26. The van der Waals surface area contributed by atoms with E-state index in [-0.39, 0.29) is 6.61 Å². The summed E-state index contributed by atoms with van der Waals surface area (Å²) in [6.45, 7) is 1.19. The third kappa shape index (κ3) is 2.97. The molecule has 0 atom stereocenters. The summed E-state index contributed by atoms with van der Waals surface area (Å²) in [7, 11) is 0. The molecule has 1 N–H and O–H groups in total. The van der Waals surface area contributed by atoms with Crippen LogP contribution >= 0.6 is 0 Å². The van der Waals surface area contributed by atoms with Crippen molar-refractivity contribution < 1.29 is 23.4 Å². The predicted molar refractivity (Wildman–Crippen MR) is 23.8 cm³/mol. The van der Waals surface area contributed by atoms with Crippen LogP contribution in [0, 0.1) is 0 Å². The van der Waals surface area contributed by atoms with E-state index in [1.165, 1.54) is 6.92 Å². The zero-order valence-corrected chi connectivity index (χ0v) is 4.73. The Morgan fingerprint density at radius 2 is 2.22 bits per heavy atom. The smallest absolute Gasteiger partial charge is 0.453 e. The van der Waals surface area contributed by atoms with Crippen LogP contribution in [0.15, 0.2) is 0 Å². The van der Waals surface area contributed by atoms with Crippen LogP contribution in [0.4, 0.5) is 8.78 Å². The Morgan fingerprint density at radius 1 is 1.78 bits per heavy atom. The zero-order chi connectivity index (χ0) is 7.49. The van der Waals surface area contributed by atoms with Gasteiger partial charge in [-0.05, 0) is 6.92 Å². The average Bonchev–Trinajstić information content (AvgIpc) is 1.64. The van der Waals surface area contributed by atoms with Crippen molar-refractivity contribution in [2.75, 3.05) is 6.61 Å². The number of esters is 1. The topological polar surface area (TPSA) is 46.5 Å². The Hall–Kier alpha value is -0.710. The van der Waals surface area contributed by atoms with E-state index in [1.54, 1.807) is 0 Å². The summed E-state index contributed by atoms with van der Waals surface area (Å²) in [5.41, 5.74) is 0. The number of carbonyl (C=O) groups excluding carboxylic acids is 1. The molecule has 0 saturated heterocycles. The maximum Gasteiger partial charge on any atom is 0.453 e. The molecule has 0 spiro atoms. The molecule has 0 bridgehead atoms. The number of hydrogen-bond donors (Lipinski definition) is 1. The van der Waals surface area contributed by atoms with Gasteiger partial charge < -0.3 is 9.84 Å². The Labute approximate surface area is 50.2 Å². The highest BCUT2D eigenvalue weighted by molar-refractivity contribution is 5.75. The molecule has 0 aliphatic rings. The van der Waals surface area contributed by atoms with E-state index in [0.29, 0.717) is 0 Å². The molecule has 0 saturated carbocycles. The molecule has 0 amide bonds. The van der Waals surface area contributed by atoms with Crippen LogP contribution in [-0.2, 0) is 9.53 Å². The van der Waals surface area contributed by atoms with Gasteiger partial charge in [-0.25, -0.2) is 4.79 Å². The number of rotatable bonds is 2. The van der Waals surface area contributed by atoms with Gasteiger partial charge in [-0.3, -0.25) is 0 Å². The van der Waals surface area contributed by atoms with Gasteiger partial charge in [-0.2, -0.15) is 8.78 Å². The largest absolute Gasteiger partial charge is 0.460 e. The van der Waals surface area contributed by atoms with E-state index < -0.39 is 12.1 Å². The molecule has 0 aliphatic carbocycles. The summed E-state index contributed by atoms with van der Waals surface area (Å²) in [5, 5.41) is 7.61. The van der Waals surface area contributed by atoms with Crippen LogP contribution < -0.4 is 0 Å². The van der Waals surface area contributed by atoms with Crippen molar-refractivity contribution in [2.24, 2.45) is 0 Å².